The van der Waals surface area contributed by atoms with Crippen LogP contribution in [0, 0.1) is 10.1 Å². The van der Waals surface area contributed by atoms with Crippen molar-refractivity contribution in [2.75, 3.05) is 10.7 Å². The van der Waals surface area contributed by atoms with Crippen LogP contribution in [0.15, 0.2) is 23.0 Å². The van der Waals surface area contributed by atoms with Gasteiger partial charge in [-0.1, -0.05) is 0 Å². The molecule has 0 aliphatic heterocycles. The number of nitrogens with one attached hydrogen (secondary N) is 2. The predicted octanol–water partition coefficient (Wildman–Crippen LogP) is 1.48. The quantitative estimate of drug-likeness (QED) is 0.428. The Balaban J connectivity index is 2.38. The van der Waals surface area contributed by atoms with E-state index in [4.69, 9.17) is 5.84 Å². The van der Waals surface area contributed by atoms with Gasteiger partial charge in [0, 0.05) is 5.38 Å². The van der Waals surface area contributed by atoms with Crippen LogP contribution in [0.5, 0.6) is 0 Å². The van der Waals surface area contributed by atoms with Gasteiger partial charge in [0.05, 0.1) is 10.6 Å². The minimum absolute atomic E-state index is 0.0938. The van der Waals surface area contributed by atoms with Gasteiger partial charge in [-0.2, -0.15) is 16.3 Å². The number of thiophene rings is 1. The molecule has 88 valence electrons. The lowest BCUT2D eigenvalue weighted by Gasteiger charge is -2.05. The molecule has 0 amide bonds. The molecule has 2 aromatic rings. The molecule has 2 aromatic heterocycles. The Labute approximate surface area is 99.6 Å². The summed E-state index contributed by atoms with van der Waals surface area (Å²) in [5.74, 6) is 5.35. The first-order chi connectivity index (χ1) is 8.20. The summed E-state index contributed by atoms with van der Waals surface area (Å²) in [4.78, 5) is 17.8. The number of nitro groups is 1. The lowest BCUT2D eigenvalue weighted by molar-refractivity contribution is -0.384. The third-order valence-electron chi connectivity index (χ3n) is 1.88. The van der Waals surface area contributed by atoms with Gasteiger partial charge >= 0.3 is 5.69 Å². The highest BCUT2D eigenvalue weighted by atomic mass is 32.1. The van der Waals surface area contributed by atoms with Gasteiger partial charge in [0.25, 0.3) is 0 Å². The zero-order valence-corrected chi connectivity index (χ0v) is 9.27. The van der Waals surface area contributed by atoms with E-state index in [1.807, 2.05) is 5.38 Å². The third kappa shape index (κ3) is 2.46. The number of aromatic nitrogens is 2. The van der Waals surface area contributed by atoms with Gasteiger partial charge in [0.1, 0.15) is 6.20 Å². The molecule has 2 heterocycles. The average Bonchev–Trinajstić information content (AvgIpc) is 2.81. The second kappa shape index (κ2) is 4.72. The van der Waals surface area contributed by atoms with Gasteiger partial charge in [-0.05, 0) is 11.4 Å². The lowest BCUT2D eigenvalue weighted by Crippen LogP contribution is -2.12. The summed E-state index contributed by atoms with van der Waals surface area (Å²) in [6.07, 6.45) is 1.09. The van der Waals surface area contributed by atoms with E-state index < -0.39 is 4.92 Å². The van der Waals surface area contributed by atoms with Gasteiger partial charge in [0.15, 0.2) is 0 Å². The van der Waals surface area contributed by atoms with Crippen LogP contribution in [0.2, 0.25) is 0 Å². The fraction of sp³-hybridized carbons (Fsp3) is 0. The summed E-state index contributed by atoms with van der Waals surface area (Å²) in [5.41, 5.74) is 2.74. The maximum absolute atomic E-state index is 10.8. The first-order valence-electron chi connectivity index (χ1n) is 4.48. The minimum atomic E-state index is -0.561. The van der Waals surface area contributed by atoms with Crippen LogP contribution in [0.4, 0.5) is 23.1 Å². The topological polar surface area (TPSA) is 119 Å². The number of anilines is 3. The molecule has 17 heavy (non-hydrogen) atoms. The van der Waals surface area contributed by atoms with Crippen LogP contribution in [-0.2, 0) is 0 Å². The normalized spacial score (nSPS) is 9.94. The smallest absolute Gasteiger partial charge is 0.329 e. The number of hydrogen-bond acceptors (Lipinski definition) is 8. The molecule has 2 rings (SSSR count). The highest BCUT2D eigenvalue weighted by Crippen LogP contribution is 2.26. The van der Waals surface area contributed by atoms with Gasteiger partial charge in [0.2, 0.25) is 11.8 Å². The van der Waals surface area contributed by atoms with E-state index >= 15 is 0 Å². The molecular formula is C8H8N6O2S. The maximum Gasteiger partial charge on any atom is 0.329 e. The van der Waals surface area contributed by atoms with Crippen molar-refractivity contribution < 1.29 is 4.92 Å². The summed E-state index contributed by atoms with van der Waals surface area (Å²) < 4.78 is 0. The molecule has 0 aromatic carbocycles. The Morgan fingerprint density at radius 2 is 2.35 bits per heavy atom. The Bertz CT molecular complexity index is 529. The monoisotopic (exact) mass is 252 g/mol. The Hall–Kier alpha value is -2.26. The third-order valence-corrected chi connectivity index (χ3v) is 2.56. The van der Waals surface area contributed by atoms with E-state index in [0.29, 0.717) is 0 Å². The molecule has 4 N–H and O–H groups in total. The van der Waals surface area contributed by atoms with Crippen LogP contribution in [0.3, 0.4) is 0 Å². The number of nitrogen functional groups attached to an aromatic ring is 1. The van der Waals surface area contributed by atoms with E-state index in [-0.39, 0.29) is 17.5 Å². The number of nitrogens with two attached hydrogens (primary N) is 1. The number of hydrogen-bond donors (Lipinski definition) is 3. The zero-order chi connectivity index (χ0) is 12.3. The summed E-state index contributed by atoms with van der Waals surface area (Å²) in [6, 6.07) is 1.78. The van der Waals surface area contributed by atoms with Crippen molar-refractivity contribution >= 4 is 34.5 Å². The number of rotatable bonds is 4. The van der Waals surface area contributed by atoms with Crippen LogP contribution >= 0.6 is 11.3 Å². The maximum atomic E-state index is 10.8. The Kier molecular flexibility index (Phi) is 3.12. The van der Waals surface area contributed by atoms with E-state index in [0.717, 1.165) is 11.9 Å². The van der Waals surface area contributed by atoms with Crippen molar-refractivity contribution in [2.45, 2.75) is 0 Å². The molecule has 0 aliphatic carbocycles. The van der Waals surface area contributed by atoms with Crippen LogP contribution < -0.4 is 16.6 Å². The highest BCUT2D eigenvalue weighted by molar-refractivity contribution is 7.08. The molecule has 0 unspecified atom stereocenters. The van der Waals surface area contributed by atoms with Crippen molar-refractivity contribution in [3.63, 3.8) is 0 Å². The van der Waals surface area contributed by atoms with Crippen molar-refractivity contribution in [1.82, 2.24) is 9.97 Å². The summed E-state index contributed by atoms with van der Waals surface area (Å²) in [7, 11) is 0. The fourth-order valence-electron chi connectivity index (χ4n) is 1.14. The fourth-order valence-corrected chi connectivity index (χ4v) is 1.73. The molecular weight excluding hydrogens is 244 g/mol. The molecule has 0 fully saturated rings. The van der Waals surface area contributed by atoms with Gasteiger partial charge in [-0.25, -0.2) is 10.8 Å². The van der Waals surface area contributed by atoms with Crippen molar-refractivity contribution in [3.05, 3.63) is 33.1 Å². The van der Waals surface area contributed by atoms with Crippen LogP contribution in [-0.4, -0.2) is 14.9 Å². The average molecular weight is 252 g/mol. The van der Waals surface area contributed by atoms with Gasteiger partial charge in [-0.3, -0.25) is 15.5 Å². The second-order valence-corrected chi connectivity index (χ2v) is 3.75. The minimum Gasteiger partial charge on any atom is -0.334 e. The summed E-state index contributed by atoms with van der Waals surface area (Å²) >= 11 is 1.47. The van der Waals surface area contributed by atoms with E-state index in [9.17, 15) is 10.1 Å². The second-order valence-electron chi connectivity index (χ2n) is 2.97. The number of hydrazine groups is 1. The Morgan fingerprint density at radius 3 is 2.94 bits per heavy atom. The molecule has 0 spiro atoms. The summed E-state index contributed by atoms with van der Waals surface area (Å²) in [6.45, 7) is 0. The van der Waals surface area contributed by atoms with Crippen molar-refractivity contribution in [2.24, 2.45) is 5.84 Å². The molecule has 0 radical (unpaired) electrons. The standard InChI is InChI=1S/C8H8N6O2S/c9-13-8-10-3-6(14(15)16)7(12-8)11-5-1-2-17-4-5/h1-4H,9H2,(H2,10,11,12,13). The highest BCUT2D eigenvalue weighted by Gasteiger charge is 2.17. The largest absolute Gasteiger partial charge is 0.334 e. The molecule has 0 atom stereocenters. The van der Waals surface area contributed by atoms with Gasteiger partial charge < -0.3 is 5.32 Å². The van der Waals surface area contributed by atoms with Crippen LogP contribution in [0.1, 0.15) is 0 Å². The Morgan fingerprint density at radius 1 is 1.53 bits per heavy atom. The zero-order valence-electron chi connectivity index (χ0n) is 8.45. The first kappa shape index (κ1) is 11.2. The predicted molar refractivity (Wildman–Crippen MR) is 64.1 cm³/mol. The molecule has 0 aliphatic rings. The van der Waals surface area contributed by atoms with Gasteiger partial charge in [-0.15, -0.1) is 0 Å². The first-order valence-corrected chi connectivity index (χ1v) is 5.42. The van der Waals surface area contributed by atoms with E-state index in [2.05, 4.69) is 20.7 Å². The molecule has 9 heteroatoms. The van der Waals surface area contributed by atoms with Crippen LogP contribution in [0.25, 0.3) is 0 Å². The molecule has 0 saturated heterocycles. The molecule has 8 nitrogen and oxygen atoms in total. The number of nitrogens with zero attached hydrogens (tertiary/aromatic N) is 3. The molecule has 0 bridgehead atoms. The van der Waals surface area contributed by atoms with E-state index in [1.165, 1.54) is 11.3 Å². The van der Waals surface area contributed by atoms with Crippen molar-refractivity contribution in [1.29, 1.82) is 0 Å². The SMILES string of the molecule is NNc1ncc([N+](=O)[O-])c(Nc2ccsc2)n1. The van der Waals surface area contributed by atoms with E-state index in [1.54, 1.807) is 11.4 Å². The summed E-state index contributed by atoms with van der Waals surface area (Å²) in [5, 5.41) is 17.3. The molecule has 0 saturated carbocycles. The lowest BCUT2D eigenvalue weighted by atomic mass is 10.4. The van der Waals surface area contributed by atoms with Crippen molar-refractivity contribution in [3.8, 4) is 0 Å².